The first-order valence-corrected chi connectivity index (χ1v) is 15.7. The molecule has 6 heterocycles. The Balaban J connectivity index is 0.000000321. The highest BCUT2D eigenvalue weighted by molar-refractivity contribution is 7.26. The normalized spacial score (nSPS) is 18.2. The highest BCUT2D eigenvalue weighted by Gasteiger charge is 2.38. The number of hydrogen-bond donors (Lipinski definition) is 1. The zero-order valence-corrected chi connectivity index (χ0v) is 25.9. The highest BCUT2D eigenvalue weighted by atomic mass is 32.1. The predicted octanol–water partition coefficient (Wildman–Crippen LogP) is 7.89. The van der Waals surface area contributed by atoms with Crippen molar-refractivity contribution in [2.45, 2.75) is 51.2 Å². The molecule has 2 fully saturated rings. The molecule has 2 aliphatic rings. The summed E-state index contributed by atoms with van der Waals surface area (Å²) in [5.41, 5.74) is 0.923. The van der Waals surface area contributed by atoms with Crippen molar-refractivity contribution in [1.29, 1.82) is 0 Å². The van der Waals surface area contributed by atoms with Gasteiger partial charge in [-0.1, -0.05) is 30.3 Å². The van der Waals surface area contributed by atoms with E-state index in [2.05, 4.69) is 30.0 Å². The Morgan fingerprint density at radius 3 is 2.70 bits per heavy atom. The monoisotopic (exact) mass is 650 g/mol. The molecule has 4 aromatic heterocycles. The molecule has 2 aliphatic heterocycles. The second kappa shape index (κ2) is 12.1. The number of aromatic nitrogens is 5. The Morgan fingerprint density at radius 2 is 1.93 bits per heavy atom. The number of nitrogens with zero attached hydrogens (tertiary/aromatic N) is 5. The van der Waals surface area contributed by atoms with Crippen LogP contribution >= 0.6 is 11.3 Å². The van der Waals surface area contributed by atoms with Gasteiger partial charge in [-0.05, 0) is 56.0 Å². The largest absolute Gasteiger partial charge is 0.472 e. The van der Waals surface area contributed by atoms with E-state index in [4.69, 9.17) is 9.47 Å². The third-order valence-electron chi connectivity index (χ3n) is 8.52. The second-order valence-electron chi connectivity index (χ2n) is 11.5. The molecule has 0 saturated carbocycles. The van der Waals surface area contributed by atoms with E-state index in [1.807, 2.05) is 30.3 Å². The Bertz CT molecular complexity index is 2020. The molecular formula is C33H30F4N6O2S. The highest BCUT2D eigenvalue weighted by Crippen LogP contribution is 2.47. The van der Waals surface area contributed by atoms with Gasteiger partial charge in [0.05, 0.1) is 40.2 Å². The van der Waals surface area contributed by atoms with E-state index in [0.717, 1.165) is 18.5 Å². The summed E-state index contributed by atoms with van der Waals surface area (Å²) in [5, 5.41) is 8.33. The number of halogens is 4. The van der Waals surface area contributed by atoms with E-state index < -0.39 is 17.9 Å². The number of thiophene rings is 1. The average Bonchev–Trinajstić information content (AvgIpc) is 3.82. The molecule has 2 atom stereocenters. The maximum atomic E-state index is 14.3. The third kappa shape index (κ3) is 5.62. The number of H-pyrrole nitrogens is 1. The quantitative estimate of drug-likeness (QED) is 0.190. The number of methoxy groups -OCH3 is 1. The number of benzene rings is 2. The molecule has 238 valence electrons. The zero-order valence-electron chi connectivity index (χ0n) is 25.1. The zero-order chi connectivity index (χ0) is 32.0. The molecule has 1 N–H and O–H groups in total. The lowest BCUT2D eigenvalue weighted by molar-refractivity contribution is -0.137. The van der Waals surface area contributed by atoms with Gasteiger partial charge in [0.15, 0.2) is 0 Å². The third-order valence-corrected chi connectivity index (χ3v) is 9.62. The summed E-state index contributed by atoms with van der Waals surface area (Å²) in [7, 11) is 1.44. The van der Waals surface area contributed by atoms with Crippen LogP contribution in [0.1, 0.15) is 36.0 Å². The van der Waals surface area contributed by atoms with Gasteiger partial charge in [0.1, 0.15) is 17.6 Å². The van der Waals surface area contributed by atoms with E-state index >= 15 is 0 Å². The molecule has 8 nitrogen and oxygen atoms in total. The number of aryl methyl sites for hydroxylation is 1. The Hall–Kier alpha value is -4.36. The van der Waals surface area contributed by atoms with Crippen molar-refractivity contribution in [3.63, 3.8) is 0 Å². The minimum Gasteiger partial charge on any atom is -0.472 e. The van der Waals surface area contributed by atoms with E-state index in [-0.39, 0.29) is 35.3 Å². The molecule has 2 aromatic carbocycles. The molecule has 2 unspecified atom stereocenters. The van der Waals surface area contributed by atoms with Crippen molar-refractivity contribution in [1.82, 2.24) is 30.0 Å². The summed E-state index contributed by atoms with van der Waals surface area (Å²) in [4.78, 5) is 16.1. The molecule has 13 heteroatoms. The molecule has 0 radical (unpaired) electrons. The van der Waals surface area contributed by atoms with Crippen LogP contribution in [0.2, 0.25) is 0 Å². The van der Waals surface area contributed by atoms with Crippen LogP contribution in [0.25, 0.3) is 42.5 Å². The van der Waals surface area contributed by atoms with Crippen molar-refractivity contribution in [2.24, 2.45) is 0 Å². The molecule has 8 rings (SSSR count). The van der Waals surface area contributed by atoms with Crippen molar-refractivity contribution in [2.75, 3.05) is 20.2 Å². The lowest BCUT2D eigenvalue weighted by atomic mass is 9.94. The number of fused-ring (bicyclic) bond motifs is 5. The number of pyridine rings is 1. The molecule has 46 heavy (non-hydrogen) atoms. The molecule has 0 amide bonds. The number of rotatable bonds is 5. The van der Waals surface area contributed by atoms with Gasteiger partial charge in [-0.2, -0.15) is 28.2 Å². The Labute approximate surface area is 265 Å². The summed E-state index contributed by atoms with van der Waals surface area (Å²) >= 11 is 1.21. The van der Waals surface area contributed by atoms with Gasteiger partial charge in [-0.3, -0.25) is 15.0 Å². The first kappa shape index (κ1) is 30.3. The summed E-state index contributed by atoms with van der Waals surface area (Å²) in [6, 6.07) is 13.5. The van der Waals surface area contributed by atoms with E-state index in [1.165, 1.54) is 56.7 Å². The topological polar surface area (TPSA) is 89.0 Å². The van der Waals surface area contributed by atoms with E-state index in [0.29, 0.717) is 43.8 Å². The maximum absolute atomic E-state index is 14.3. The standard InChI is InChI=1S/C26H18F3N5O2S.C7H12FN/c1-13-10-17-16(11-31-34-17)18(20(13)26(27,28)29)21-22-15(8-9-30-21)19-23(32-25(35-2)33-24(19)37-22)36-12-14-6-4-3-5-7-14;8-6-4-7-2-1-3-9(7)5-6/h3-11H,12H2,1-2H3,(H,31,34);6-7H,1-5H2. The van der Waals surface area contributed by atoms with E-state index in [1.54, 1.807) is 6.07 Å². The fourth-order valence-corrected chi connectivity index (χ4v) is 7.66. The van der Waals surface area contributed by atoms with Crippen LogP contribution in [-0.2, 0) is 12.8 Å². The molecular weight excluding hydrogens is 620 g/mol. The number of ether oxygens (including phenoxy) is 2. The SMILES string of the molecule is COc1nc(OCc2ccccc2)c2c(n1)sc1c(-c3c(C(F)(F)F)c(C)cc4[nH]ncc34)nccc12.FC1CC2CCCN2C1. The smallest absolute Gasteiger partial charge is 0.417 e. The second-order valence-corrected chi connectivity index (χ2v) is 12.5. The molecule has 2 saturated heterocycles. The summed E-state index contributed by atoms with van der Waals surface area (Å²) in [6.07, 6.45) is 1.10. The fraction of sp³-hybridized carbons (Fsp3) is 0.333. The molecule has 6 aromatic rings. The predicted molar refractivity (Wildman–Crippen MR) is 169 cm³/mol. The van der Waals surface area contributed by atoms with Gasteiger partial charge in [0, 0.05) is 35.1 Å². The minimum absolute atomic E-state index is 0.0277. The van der Waals surface area contributed by atoms with Gasteiger partial charge in [0.2, 0.25) is 5.88 Å². The number of alkyl halides is 4. The van der Waals surface area contributed by atoms with Crippen LogP contribution in [0.3, 0.4) is 0 Å². The van der Waals surface area contributed by atoms with Crippen LogP contribution in [0.15, 0.2) is 54.9 Å². The Morgan fingerprint density at radius 1 is 1.11 bits per heavy atom. The first-order chi connectivity index (χ1) is 22.2. The van der Waals surface area contributed by atoms with Crippen molar-refractivity contribution < 1.29 is 27.0 Å². The number of nitrogens with one attached hydrogen (secondary N) is 1. The van der Waals surface area contributed by atoms with E-state index in [9.17, 15) is 17.6 Å². The van der Waals surface area contributed by atoms with Crippen molar-refractivity contribution >= 4 is 42.5 Å². The minimum atomic E-state index is -4.60. The van der Waals surface area contributed by atoms with Gasteiger partial charge in [-0.25, -0.2) is 4.39 Å². The lowest BCUT2D eigenvalue weighted by Crippen LogP contribution is -2.22. The van der Waals surface area contributed by atoms with Crippen LogP contribution < -0.4 is 9.47 Å². The molecule has 0 spiro atoms. The number of aromatic amines is 1. The van der Waals surface area contributed by atoms with Crippen LogP contribution in [0.5, 0.6) is 11.9 Å². The lowest BCUT2D eigenvalue weighted by Gasteiger charge is -2.17. The maximum Gasteiger partial charge on any atom is 0.417 e. The van der Waals surface area contributed by atoms with Gasteiger partial charge < -0.3 is 9.47 Å². The first-order valence-electron chi connectivity index (χ1n) is 14.9. The van der Waals surface area contributed by atoms with Crippen molar-refractivity contribution in [3.05, 3.63) is 71.5 Å². The van der Waals surface area contributed by atoms with Crippen molar-refractivity contribution in [3.8, 4) is 23.1 Å². The van der Waals surface area contributed by atoms with Crippen LogP contribution in [0.4, 0.5) is 17.6 Å². The Kier molecular flexibility index (Phi) is 7.97. The van der Waals surface area contributed by atoms with Gasteiger partial charge in [-0.15, -0.1) is 11.3 Å². The van der Waals surface area contributed by atoms with Gasteiger partial charge >= 0.3 is 12.2 Å². The summed E-state index contributed by atoms with van der Waals surface area (Å²) in [5.74, 6) is 0.280. The fourth-order valence-electron chi connectivity index (χ4n) is 6.51. The van der Waals surface area contributed by atoms with Crippen LogP contribution in [0, 0.1) is 6.92 Å². The van der Waals surface area contributed by atoms with Gasteiger partial charge in [0.25, 0.3) is 0 Å². The number of hydrogen-bond acceptors (Lipinski definition) is 8. The average molecular weight is 651 g/mol. The summed E-state index contributed by atoms with van der Waals surface area (Å²) < 4.78 is 67.5. The molecule has 0 aliphatic carbocycles. The summed E-state index contributed by atoms with van der Waals surface area (Å²) in [6.45, 7) is 3.54. The molecule has 0 bridgehead atoms. The van der Waals surface area contributed by atoms with Crippen LogP contribution in [-0.4, -0.2) is 62.5 Å².